The first-order valence-corrected chi connectivity index (χ1v) is 9.00. The number of nitrogens with zero attached hydrogens (tertiary/aromatic N) is 2. The minimum Gasteiger partial charge on any atom is -0.478 e. The molecule has 1 N–H and O–H groups in total. The second-order valence-electron chi connectivity index (χ2n) is 5.90. The van der Waals surface area contributed by atoms with Gasteiger partial charge < -0.3 is 10.1 Å². The van der Waals surface area contributed by atoms with Crippen molar-refractivity contribution in [1.82, 2.24) is 0 Å². The Kier molecular flexibility index (Phi) is 5.41. The zero-order chi connectivity index (χ0) is 19.6. The molecule has 0 aromatic heterocycles. The molecule has 1 heterocycles. The number of hydrogen-bond donors (Lipinski definition) is 1. The molecule has 0 spiro atoms. The van der Waals surface area contributed by atoms with Gasteiger partial charge in [-0.2, -0.15) is 0 Å². The lowest BCUT2D eigenvalue weighted by Crippen LogP contribution is -2.48. The third-order valence-corrected chi connectivity index (χ3v) is 4.58. The molecule has 0 fully saturated rings. The highest BCUT2D eigenvalue weighted by molar-refractivity contribution is 9.10. The van der Waals surface area contributed by atoms with Crippen molar-refractivity contribution < 1.29 is 19.2 Å². The molecule has 3 rings (SSSR count). The number of rotatable bonds is 5. The van der Waals surface area contributed by atoms with Gasteiger partial charge in [-0.05, 0) is 36.8 Å². The van der Waals surface area contributed by atoms with Crippen LogP contribution in [0.1, 0.15) is 13.3 Å². The molecule has 140 valence electrons. The SMILES string of the molecule is CCC1Oc2ccc([N+](=O)[O-])cc2N(CC(=O)Nc2ccc(Br)cc2)C1=O. The summed E-state index contributed by atoms with van der Waals surface area (Å²) in [5, 5.41) is 13.8. The number of ether oxygens (including phenoxy) is 1. The van der Waals surface area contributed by atoms with Gasteiger partial charge in [-0.15, -0.1) is 0 Å². The van der Waals surface area contributed by atoms with Crippen LogP contribution in [-0.2, 0) is 9.59 Å². The van der Waals surface area contributed by atoms with Gasteiger partial charge in [0.2, 0.25) is 5.91 Å². The Balaban J connectivity index is 1.87. The number of halogens is 1. The standard InChI is InChI=1S/C18H16BrN3O5/c1-2-15-18(24)21(10-17(23)20-12-5-3-11(19)4-6-12)14-9-13(22(25)26)7-8-16(14)27-15/h3-9,15H,2,10H2,1H3,(H,20,23). The van der Waals surface area contributed by atoms with Crippen molar-refractivity contribution in [2.75, 3.05) is 16.8 Å². The first-order chi connectivity index (χ1) is 12.9. The van der Waals surface area contributed by atoms with E-state index < -0.39 is 22.8 Å². The summed E-state index contributed by atoms with van der Waals surface area (Å²) in [5.41, 5.74) is 0.610. The summed E-state index contributed by atoms with van der Waals surface area (Å²) in [6, 6.07) is 11.0. The molecule has 0 aliphatic carbocycles. The summed E-state index contributed by atoms with van der Waals surface area (Å²) >= 11 is 3.32. The van der Waals surface area contributed by atoms with Gasteiger partial charge in [0, 0.05) is 22.3 Å². The van der Waals surface area contributed by atoms with Gasteiger partial charge in [0.05, 0.1) is 10.6 Å². The number of fused-ring (bicyclic) bond motifs is 1. The number of nitro benzene ring substituents is 1. The molecule has 0 saturated heterocycles. The molecule has 1 unspecified atom stereocenters. The number of nitrogens with one attached hydrogen (secondary N) is 1. The lowest BCUT2D eigenvalue weighted by atomic mass is 10.1. The Bertz CT molecular complexity index is 900. The van der Waals surface area contributed by atoms with E-state index in [1.807, 2.05) is 0 Å². The molecule has 1 atom stereocenters. The molecule has 27 heavy (non-hydrogen) atoms. The zero-order valence-electron chi connectivity index (χ0n) is 14.3. The van der Waals surface area contributed by atoms with E-state index in [4.69, 9.17) is 4.74 Å². The summed E-state index contributed by atoms with van der Waals surface area (Å²) in [4.78, 5) is 36.9. The van der Waals surface area contributed by atoms with Crippen molar-refractivity contribution in [2.24, 2.45) is 0 Å². The lowest BCUT2D eigenvalue weighted by Gasteiger charge is -2.33. The molecule has 2 aromatic carbocycles. The molecule has 8 nitrogen and oxygen atoms in total. The van der Waals surface area contributed by atoms with Crippen LogP contribution in [0.25, 0.3) is 0 Å². The Hall–Kier alpha value is -2.94. The monoisotopic (exact) mass is 433 g/mol. The number of carbonyl (C=O) groups is 2. The van der Waals surface area contributed by atoms with E-state index in [-0.39, 0.29) is 17.9 Å². The minimum atomic E-state index is -0.737. The van der Waals surface area contributed by atoms with E-state index in [0.29, 0.717) is 17.9 Å². The average Bonchev–Trinajstić information content (AvgIpc) is 2.65. The summed E-state index contributed by atoms with van der Waals surface area (Å²) < 4.78 is 6.49. The van der Waals surface area contributed by atoms with Gasteiger partial charge in [-0.3, -0.25) is 24.6 Å². The number of non-ortho nitro benzene ring substituents is 1. The third kappa shape index (κ3) is 4.08. The van der Waals surface area contributed by atoms with Gasteiger partial charge in [0.1, 0.15) is 12.3 Å². The van der Waals surface area contributed by atoms with Crippen LogP contribution >= 0.6 is 15.9 Å². The van der Waals surface area contributed by atoms with E-state index in [0.717, 1.165) is 4.47 Å². The number of nitro groups is 1. The summed E-state index contributed by atoms with van der Waals surface area (Å²) in [6.07, 6.45) is -0.320. The van der Waals surface area contributed by atoms with Gasteiger partial charge >= 0.3 is 0 Å². The minimum absolute atomic E-state index is 0.182. The highest BCUT2D eigenvalue weighted by Crippen LogP contribution is 2.37. The fourth-order valence-electron chi connectivity index (χ4n) is 2.72. The fourth-order valence-corrected chi connectivity index (χ4v) is 2.99. The first kappa shape index (κ1) is 18.8. The van der Waals surface area contributed by atoms with Crippen LogP contribution in [0.4, 0.5) is 17.1 Å². The van der Waals surface area contributed by atoms with Gasteiger partial charge in [0.25, 0.3) is 11.6 Å². The average molecular weight is 434 g/mol. The van der Waals surface area contributed by atoms with E-state index in [2.05, 4.69) is 21.2 Å². The highest BCUT2D eigenvalue weighted by atomic mass is 79.9. The van der Waals surface area contributed by atoms with E-state index in [1.54, 1.807) is 31.2 Å². The molecule has 2 aromatic rings. The number of hydrogen-bond acceptors (Lipinski definition) is 5. The molecular formula is C18H16BrN3O5. The molecule has 0 bridgehead atoms. The van der Waals surface area contributed by atoms with Gasteiger partial charge in [0.15, 0.2) is 6.10 Å². The fraction of sp³-hybridized carbons (Fsp3) is 0.222. The molecule has 0 radical (unpaired) electrons. The van der Waals surface area contributed by atoms with Gasteiger partial charge in [-0.25, -0.2) is 0 Å². The van der Waals surface area contributed by atoms with Crippen molar-refractivity contribution in [3.8, 4) is 5.75 Å². The maximum absolute atomic E-state index is 12.7. The number of anilines is 2. The quantitative estimate of drug-likeness (QED) is 0.574. The molecule has 0 saturated carbocycles. The molecule has 9 heteroatoms. The largest absolute Gasteiger partial charge is 0.478 e. The smallest absolute Gasteiger partial charge is 0.271 e. The Labute approximate surface area is 163 Å². The zero-order valence-corrected chi connectivity index (χ0v) is 15.9. The highest BCUT2D eigenvalue weighted by Gasteiger charge is 2.35. The normalized spacial score (nSPS) is 15.7. The van der Waals surface area contributed by atoms with E-state index in [9.17, 15) is 19.7 Å². The second kappa shape index (κ2) is 7.75. The van der Waals surface area contributed by atoms with Crippen LogP contribution in [0.2, 0.25) is 0 Å². The van der Waals surface area contributed by atoms with Crippen LogP contribution in [0.5, 0.6) is 5.75 Å². The van der Waals surface area contributed by atoms with Crippen LogP contribution in [-0.4, -0.2) is 29.4 Å². The summed E-state index contributed by atoms with van der Waals surface area (Å²) in [6.45, 7) is 1.52. The Morgan fingerprint density at radius 1 is 1.30 bits per heavy atom. The molecule has 2 amide bonds. The number of carbonyl (C=O) groups excluding carboxylic acids is 2. The van der Waals surface area contributed by atoms with Crippen molar-refractivity contribution in [2.45, 2.75) is 19.4 Å². The maximum atomic E-state index is 12.7. The topological polar surface area (TPSA) is 102 Å². The second-order valence-corrected chi connectivity index (χ2v) is 6.82. The van der Waals surface area contributed by atoms with Crippen LogP contribution < -0.4 is 15.0 Å². The van der Waals surface area contributed by atoms with Crippen LogP contribution in [0, 0.1) is 10.1 Å². The predicted octanol–water partition coefficient (Wildman–Crippen LogP) is 3.50. The lowest BCUT2D eigenvalue weighted by molar-refractivity contribution is -0.384. The summed E-state index contributed by atoms with van der Waals surface area (Å²) in [5.74, 6) is -0.486. The first-order valence-electron chi connectivity index (χ1n) is 8.21. The Morgan fingerprint density at radius 3 is 2.63 bits per heavy atom. The maximum Gasteiger partial charge on any atom is 0.271 e. The molecule has 1 aliphatic heterocycles. The van der Waals surface area contributed by atoms with Crippen LogP contribution in [0.3, 0.4) is 0 Å². The van der Waals surface area contributed by atoms with Crippen molar-refractivity contribution in [3.63, 3.8) is 0 Å². The third-order valence-electron chi connectivity index (χ3n) is 4.06. The van der Waals surface area contributed by atoms with Crippen molar-refractivity contribution in [1.29, 1.82) is 0 Å². The number of benzene rings is 2. The van der Waals surface area contributed by atoms with E-state index in [1.165, 1.54) is 23.1 Å². The van der Waals surface area contributed by atoms with Crippen LogP contribution in [0.15, 0.2) is 46.9 Å². The van der Waals surface area contributed by atoms with Crippen molar-refractivity contribution >= 4 is 44.8 Å². The predicted molar refractivity (Wildman–Crippen MR) is 103 cm³/mol. The molecule has 1 aliphatic rings. The number of amides is 2. The summed E-state index contributed by atoms with van der Waals surface area (Å²) in [7, 11) is 0. The van der Waals surface area contributed by atoms with Gasteiger partial charge in [-0.1, -0.05) is 22.9 Å². The van der Waals surface area contributed by atoms with Crippen molar-refractivity contribution in [3.05, 3.63) is 57.1 Å². The molecular weight excluding hydrogens is 418 g/mol. The Morgan fingerprint density at radius 2 is 2.00 bits per heavy atom. The van der Waals surface area contributed by atoms with E-state index >= 15 is 0 Å².